The molecule has 0 fully saturated rings. The Hall–Kier alpha value is -1.99. The van der Waals surface area contributed by atoms with Crippen molar-refractivity contribution in [2.24, 2.45) is 0 Å². The van der Waals surface area contributed by atoms with Crippen molar-refractivity contribution in [2.75, 3.05) is 18.1 Å². The standard InChI is InChI=1S/C21H34O11S2/c1-8-33-21(34-9-2)20(32-15(7)27)19(31-14(6)26)18(30-13(5)25)17(29-12(4)24)16(10-22)28-11(3)23/h16-22H,8-10H2,1-7H3/t16-,17+,18-,19+,20+/m0/s1. The fraction of sp³-hybridized carbons (Fsp3) is 0.762. The lowest BCUT2D eigenvalue weighted by Gasteiger charge is -2.39. The van der Waals surface area contributed by atoms with Gasteiger partial charge in [0, 0.05) is 34.6 Å². The molecule has 0 saturated carbocycles. The van der Waals surface area contributed by atoms with Crippen LogP contribution in [0.5, 0.6) is 0 Å². The van der Waals surface area contributed by atoms with Gasteiger partial charge in [0.1, 0.15) is 0 Å². The molecule has 5 atom stereocenters. The van der Waals surface area contributed by atoms with Gasteiger partial charge in [-0.2, -0.15) is 0 Å². The molecule has 0 saturated heterocycles. The quantitative estimate of drug-likeness (QED) is 0.186. The van der Waals surface area contributed by atoms with Crippen molar-refractivity contribution in [1.82, 2.24) is 0 Å². The summed E-state index contributed by atoms with van der Waals surface area (Å²) < 4.78 is 26.3. The average Bonchev–Trinajstić information content (AvgIpc) is 2.70. The molecule has 0 aromatic rings. The van der Waals surface area contributed by atoms with E-state index in [0.29, 0.717) is 11.5 Å². The van der Waals surface area contributed by atoms with E-state index in [4.69, 9.17) is 23.7 Å². The average molecular weight is 527 g/mol. The minimum Gasteiger partial charge on any atom is -0.456 e. The highest BCUT2D eigenvalue weighted by atomic mass is 32.2. The molecule has 0 amide bonds. The summed E-state index contributed by atoms with van der Waals surface area (Å²) in [4.78, 5) is 59.6. The van der Waals surface area contributed by atoms with Gasteiger partial charge < -0.3 is 28.8 Å². The number of hydrogen-bond donors (Lipinski definition) is 1. The van der Waals surface area contributed by atoms with Crippen molar-refractivity contribution in [1.29, 1.82) is 0 Å². The van der Waals surface area contributed by atoms with Crippen LogP contribution < -0.4 is 0 Å². The lowest BCUT2D eigenvalue weighted by atomic mass is 9.98. The van der Waals surface area contributed by atoms with Gasteiger partial charge >= 0.3 is 29.8 Å². The van der Waals surface area contributed by atoms with Crippen LogP contribution in [0.15, 0.2) is 0 Å². The van der Waals surface area contributed by atoms with Crippen molar-refractivity contribution >= 4 is 53.4 Å². The minimum atomic E-state index is -1.59. The number of carbonyl (C=O) groups is 5. The lowest BCUT2D eigenvalue weighted by Crippen LogP contribution is -2.58. The van der Waals surface area contributed by atoms with Crippen molar-refractivity contribution in [2.45, 2.75) is 83.6 Å². The maximum atomic E-state index is 12.1. The zero-order valence-corrected chi connectivity index (χ0v) is 22.1. The SMILES string of the molecule is CCSC(SCC)[C@H](OC(C)=O)[C@H](OC(C)=O)[C@@H](OC(C)=O)[C@H](OC(C)=O)[C@H](CO)OC(C)=O. The Morgan fingerprint density at radius 3 is 1.24 bits per heavy atom. The first-order valence-electron chi connectivity index (χ1n) is 10.6. The Balaban J connectivity index is 6.84. The number of hydrogen-bond acceptors (Lipinski definition) is 13. The molecule has 0 aliphatic heterocycles. The van der Waals surface area contributed by atoms with Crippen LogP contribution in [-0.2, 0) is 47.7 Å². The van der Waals surface area contributed by atoms with Gasteiger partial charge in [-0.1, -0.05) is 13.8 Å². The van der Waals surface area contributed by atoms with Crippen LogP contribution in [0.1, 0.15) is 48.5 Å². The van der Waals surface area contributed by atoms with E-state index >= 15 is 0 Å². The number of thioether (sulfide) groups is 2. The van der Waals surface area contributed by atoms with E-state index in [2.05, 4.69) is 0 Å². The van der Waals surface area contributed by atoms with Crippen molar-refractivity contribution in [3.05, 3.63) is 0 Å². The summed E-state index contributed by atoms with van der Waals surface area (Å²) in [5.41, 5.74) is 0. The minimum absolute atomic E-state index is 0.472. The molecule has 0 aliphatic rings. The van der Waals surface area contributed by atoms with Crippen molar-refractivity contribution in [3.63, 3.8) is 0 Å². The Morgan fingerprint density at radius 1 is 0.588 bits per heavy atom. The number of rotatable bonds is 15. The molecule has 11 nitrogen and oxygen atoms in total. The second-order valence-electron chi connectivity index (χ2n) is 6.91. The molecule has 13 heteroatoms. The van der Waals surface area contributed by atoms with Gasteiger partial charge in [0.05, 0.1) is 11.2 Å². The zero-order valence-electron chi connectivity index (χ0n) is 20.4. The van der Waals surface area contributed by atoms with Gasteiger partial charge in [-0.15, -0.1) is 23.5 Å². The topological polar surface area (TPSA) is 152 Å². The maximum absolute atomic E-state index is 12.1. The predicted octanol–water partition coefficient (Wildman–Crippen LogP) is 1.47. The predicted molar refractivity (Wildman–Crippen MR) is 125 cm³/mol. The molecular weight excluding hydrogens is 492 g/mol. The van der Waals surface area contributed by atoms with Crippen LogP contribution in [0.2, 0.25) is 0 Å². The molecular formula is C21H34O11S2. The van der Waals surface area contributed by atoms with Crippen LogP contribution in [-0.4, -0.2) is 88.2 Å². The van der Waals surface area contributed by atoms with E-state index in [1.807, 2.05) is 13.8 Å². The summed E-state index contributed by atoms with van der Waals surface area (Å²) in [6.45, 7) is 8.44. The van der Waals surface area contributed by atoms with E-state index in [9.17, 15) is 29.1 Å². The molecule has 196 valence electrons. The summed E-state index contributed by atoms with van der Waals surface area (Å²) in [6, 6.07) is 0. The number of carbonyl (C=O) groups excluding carboxylic acids is 5. The lowest BCUT2D eigenvalue weighted by molar-refractivity contribution is -0.211. The van der Waals surface area contributed by atoms with E-state index in [-0.39, 0.29) is 0 Å². The van der Waals surface area contributed by atoms with E-state index < -0.39 is 71.6 Å². The third-order valence-corrected chi connectivity index (χ3v) is 6.65. The van der Waals surface area contributed by atoms with E-state index in [1.54, 1.807) is 0 Å². The second-order valence-corrected chi connectivity index (χ2v) is 10.0. The van der Waals surface area contributed by atoms with Gasteiger partial charge in [-0.3, -0.25) is 24.0 Å². The Bertz CT molecular complexity index is 694. The van der Waals surface area contributed by atoms with Crippen molar-refractivity contribution < 1.29 is 52.8 Å². The Morgan fingerprint density at radius 2 is 0.912 bits per heavy atom. The van der Waals surface area contributed by atoms with E-state index in [1.165, 1.54) is 30.4 Å². The largest absolute Gasteiger partial charge is 0.456 e. The molecule has 34 heavy (non-hydrogen) atoms. The van der Waals surface area contributed by atoms with Crippen LogP contribution >= 0.6 is 23.5 Å². The van der Waals surface area contributed by atoms with Crippen LogP contribution in [0, 0.1) is 0 Å². The van der Waals surface area contributed by atoms with Gasteiger partial charge in [0.2, 0.25) is 0 Å². The molecule has 0 radical (unpaired) electrons. The Labute approximate surface area is 207 Å². The summed E-state index contributed by atoms with van der Waals surface area (Å²) in [5, 5.41) is 9.86. The maximum Gasteiger partial charge on any atom is 0.303 e. The first kappa shape index (κ1) is 32.0. The molecule has 0 spiro atoms. The number of ether oxygens (including phenoxy) is 5. The monoisotopic (exact) mass is 526 g/mol. The highest BCUT2D eigenvalue weighted by molar-refractivity contribution is 8.17. The normalized spacial score (nSPS) is 15.3. The molecule has 1 N–H and O–H groups in total. The zero-order chi connectivity index (χ0) is 26.4. The third kappa shape index (κ3) is 11.9. The molecule has 0 heterocycles. The Kier molecular flexibility index (Phi) is 15.6. The molecule has 0 aromatic carbocycles. The van der Waals surface area contributed by atoms with Crippen LogP contribution in [0.25, 0.3) is 0 Å². The molecule has 0 aliphatic carbocycles. The first-order valence-corrected chi connectivity index (χ1v) is 12.7. The smallest absolute Gasteiger partial charge is 0.303 e. The molecule has 0 rings (SSSR count). The second kappa shape index (κ2) is 16.6. The summed E-state index contributed by atoms with van der Waals surface area (Å²) in [5.74, 6) is -2.76. The number of aliphatic hydroxyl groups excluding tert-OH is 1. The van der Waals surface area contributed by atoms with Gasteiger partial charge in [-0.05, 0) is 11.5 Å². The number of aliphatic hydroxyl groups is 1. The molecule has 0 bridgehead atoms. The highest BCUT2D eigenvalue weighted by Crippen LogP contribution is 2.34. The summed E-state index contributed by atoms with van der Waals surface area (Å²) in [7, 11) is 0. The fourth-order valence-electron chi connectivity index (χ4n) is 3.03. The summed E-state index contributed by atoms with van der Waals surface area (Å²) >= 11 is 2.81. The third-order valence-electron chi connectivity index (χ3n) is 3.97. The van der Waals surface area contributed by atoms with Gasteiger partial charge in [0.15, 0.2) is 30.5 Å². The summed E-state index contributed by atoms with van der Waals surface area (Å²) in [6.07, 6.45) is -7.28. The highest BCUT2D eigenvalue weighted by Gasteiger charge is 2.49. The molecule has 0 unspecified atom stereocenters. The van der Waals surface area contributed by atoms with Crippen LogP contribution in [0.4, 0.5) is 0 Å². The van der Waals surface area contributed by atoms with Crippen molar-refractivity contribution in [3.8, 4) is 0 Å². The number of esters is 5. The molecule has 0 aromatic heterocycles. The van der Waals surface area contributed by atoms with Gasteiger partial charge in [-0.25, -0.2) is 0 Å². The first-order chi connectivity index (χ1) is 15.9. The van der Waals surface area contributed by atoms with E-state index in [0.717, 1.165) is 27.7 Å². The fourth-order valence-corrected chi connectivity index (χ4v) is 5.69. The van der Waals surface area contributed by atoms with Crippen LogP contribution in [0.3, 0.4) is 0 Å². The van der Waals surface area contributed by atoms with Gasteiger partial charge in [0.25, 0.3) is 0 Å².